The first kappa shape index (κ1) is 13.7. The van der Waals surface area contributed by atoms with Gasteiger partial charge in [-0.3, -0.25) is 4.79 Å². The van der Waals surface area contributed by atoms with E-state index in [2.05, 4.69) is 20.3 Å². The van der Waals surface area contributed by atoms with Crippen LogP contribution in [0, 0.1) is 0 Å². The number of carboxylic acid groups (broad SMARTS) is 1. The Labute approximate surface area is 114 Å². The molecule has 1 heterocycles. The van der Waals surface area contributed by atoms with Crippen LogP contribution >= 0.6 is 0 Å². The Balaban J connectivity index is 2.12. The number of hydrogen-bond acceptors (Lipinski definition) is 6. The highest BCUT2D eigenvalue weighted by atomic mass is 16.5. The summed E-state index contributed by atoms with van der Waals surface area (Å²) in [4.78, 5) is 22.0. The van der Waals surface area contributed by atoms with Crippen molar-refractivity contribution in [3.8, 4) is 0 Å². The highest BCUT2D eigenvalue weighted by molar-refractivity contribution is 5.89. The summed E-state index contributed by atoms with van der Waals surface area (Å²) in [6, 6.07) is 6.72. The molecule has 0 aliphatic rings. The first-order valence-electron chi connectivity index (χ1n) is 5.74. The lowest BCUT2D eigenvalue weighted by atomic mass is 10.1. The molecule has 0 radical (unpaired) electrons. The van der Waals surface area contributed by atoms with Crippen LogP contribution in [0.4, 0.5) is 0 Å². The van der Waals surface area contributed by atoms with Crippen LogP contribution in [0.3, 0.4) is 0 Å². The fraction of sp³-hybridized carbons (Fsp3) is 0.250. The number of nitrogens with zero attached hydrogens (tertiary/aromatic N) is 4. The third kappa shape index (κ3) is 3.16. The molecule has 0 saturated carbocycles. The van der Waals surface area contributed by atoms with Gasteiger partial charge in [-0.2, -0.15) is 0 Å². The molecule has 1 aromatic carbocycles. The van der Waals surface area contributed by atoms with Gasteiger partial charge in [0, 0.05) is 0 Å². The van der Waals surface area contributed by atoms with E-state index in [-0.39, 0.29) is 12.2 Å². The van der Waals surface area contributed by atoms with E-state index in [0.29, 0.717) is 12.1 Å². The SMILES string of the molecule is COC(=O)c1ccc(Cn2nnnc2CC(=O)O)cc1. The van der Waals surface area contributed by atoms with E-state index in [1.165, 1.54) is 11.8 Å². The highest BCUT2D eigenvalue weighted by Gasteiger charge is 2.11. The van der Waals surface area contributed by atoms with Crippen LogP contribution < -0.4 is 0 Å². The van der Waals surface area contributed by atoms with Crippen LogP contribution in [0.25, 0.3) is 0 Å². The van der Waals surface area contributed by atoms with Gasteiger partial charge in [0.2, 0.25) is 0 Å². The molecule has 2 rings (SSSR count). The number of benzene rings is 1. The summed E-state index contributed by atoms with van der Waals surface area (Å²) in [5.74, 6) is -1.14. The molecule has 1 N–H and O–H groups in total. The number of methoxy groups -OCH3 is 1. The van der Waals surface area contributed by atoms with Crippen molar-refractivity contribution in [2.24, 2.45) is 0 Å². The van der Waals surface area contributed by atoms with Crippen molar-refractivity contribution in [3.05, 3.63) is 41.2 Å². The van der Waals surface area contributed by atoms with Crippen molar-refractivity contribution >= 4 is 11.9 Å². The van der Waals surface area contributed by atoms with Crippen molar-refractivity contribution in [1.29, 1.82) is 0 Å². The summed E-state index contributed by atoms with van der Waals surface area (Å²) in [5, 5.41) is 19.6. The molecule has 0 saturated heterocycles. The van der Waals surface area contributed by atoms with Crippen LogP contribution in [-0.2, 0) is 22.5 Å². The van der Waals surface area contributed by atoms with Gasteiger partial charge in [0.05, 0.1) is 19.2 Å². The molecule has 0 spiro atoms. The molecule has 0 aliphatic heterocycles. The second-order valence-corrected chi connectivity index (χ2v) is 4.01. The lowest BCUT2D eigenvalue weighted by molar-refractivity contribution is -0.136. The minimum absolute atomic E-state index is 0.243. The van der Waals surface area contributed by atoms with E-state index in [4.69, 9.17) is 5.11 Å². The number of carboxylic acids is 1. The van der Waals surface area contributed by atoms with Crippen molar-refractivity contribution in [1.82, 2.24) is 20.2 Å². The Hall–Kier alpha value is -2.77. The number of aliphatic carboxylic acids is 1. The summed E-state index contributed by atoms with van der Waals surface area (Å²) in [7, 11) is 1.31. The molecule has 8 nitrogen and oxygen atoms in total. The second-order valence-electron chi connectivity index (χ2n) is 4.01. The van der Waals surface area contributed by atoms with Gasteiger partial charge >= 0.3 is 11.9 Å². The van der Waals surface area contributed by atoms with Gasteiger partial charge < -0.3 is 9.84 Å². The molecular weight excluding hydrogens is 264 g/mol. The molecule has 104 valence electrons. The van der Waals surface area contributed by atoms with E-state index in [9.17, 15) is 9.59 Å². The number of esters is 1. The Bertz CT molecular complexity index is 621. The van der Waals surface area contributed by atoms with Crippen LogP contribution in [0.2, 0.25) is 0 Å². The Kier molecular flexibility index (Phi) is 4.04. The van der Waals surface area contributed by atoms with Gasteiger partial charge in [-0.1, -0.05) is 12.1 Å². The third-order valence-electron chi connectivity index (χ3n) is 2.62. The zero-order chi connectivity index (χ0) is 14.5. The topological polar surface area (TPSA) is 107 Å². The minimum atomic E-state index is -0.998. The van der Waals surface area contributed by atoms with Gasteiger partial charge in [0.25, 0.3) is 0 Å². The molecule has 8 heteroatoms. The second kappa shape index (κ2) is 5.91. The maximum absolute atomic E-state index is 11.3. The summed E-state index contributed by atoms with van der Waals surface area (Å²) in [6.45, 7) is 0.330. The lowest BCUT2D eigenvalue weighted by Crippen LogP contribution is -2.11. The minimum Gasteiger partial charge on any atom is -0.481 e. The average Bonchev–Trinajstić information content (AvgIpc) is 2.85. The molecule has 0 bridgehead atoms. The van der Waals surface area contributed by atoms with E-state index < -0.39 is 11.9 Å². The predicted octanol–water partition coefficient (Wildman–Crippen LogP) is 0.135. The molecule has 2 aromatic rings. The number of aromatic nitrogens is 4. The standard InChI is InChI=1S/C12H12N4O4/c1-20-12(19)9-4-2-8(3-5-9)7-16-10(6-11(17)18)13-14-15-16/h2-5H,6-7H2,1H3,(H,17,18). The van der Waals surface area contributed by atoms with Crippen molar-refractivity contribution < 1.29 is 19.4 Å². The normalized spacial score (nSPS) is 10.2. The Morgan fingerprint density at radius 1 is 1.30 bits per heavy atom. The maximum Gasteiger partial charge on any atom is 0.337 e. The molecule has 0 atom stereocenters. The third-order valence-corrected chi connectivity index (χ3v) is 2.62. The Morgan fingerprint density at radius 2 is 2.00 bits per heavy atom. The van der Waals surface area contributed by atoms with Crippen molar-refractivity contribution in [2.45, 2.75) is 13.0 Å². The molecule has 0 amide bonds. The first-order valence-corrected chi connectivity index (χ1v) is 5.74. The number of carbonyl (C=O) groups is 2. The van der Waals surface area contributed by atoms with Crippen LogP contribution in [0.5, 0.6) is 0 Å². The zero-order valence-corrected chi connectivity index (χ0v) is 10.7. The molecule has 0 aliphatic carbocycles. The summed E-state index contributed by atoms with van der Waals surface area (Å²) in [5.41, 5.74) is 1.29. The van der Waals surface area contributed by atoms with Crippen molar-refractivity contribution in [3.63, 3.8) is 0 Å². The molecule has 0 fully saturated rings. The van der Waals surface area contributed by atoms with Gasteiger partial charge in [-0.05, 0) is 28.1 Å². The van der Waals surface area contributed by atoms with Crippen molar-refractivity contribution in [2.75, 3.05) is 7.11 Å². The predicted molar refractivity (Wildman–Crippen MR) is 66.0 cm³/mol. The van der Waals surface area contributed by atoms with Gasteiger partial charge in [0.1, 0.15) is 6.42 Å². The molecular formula is C12H12N4O4. The summed E-state index contributed by atoms with van der Waals surface area (Å²) < 4.78 is 6.01. The number of tetrazole rings is 1. The van der Waals surface area contributed by atoms with E-state index >= 15 is 0 Å². The van der Waals surface area contributed by atoms with E-state index in [1.807, 2.05) is 0 Å². The van der Waals surface area contributed by atoms with Gasteiger partial charge in [-0.15, -0.1) is 5.10 Å². The quantitative estimate of drug-likeness (QED) is 0.773. The Morgan fingerprint density at radius 3 is 2.60 bits per heavy atom. The number of carbonyl (C=O) groups excluding carboxylic acids is 1. The zero-order valence-electron chi connectivity index (χ0n) is 10.7. The van der Waals surface area contributed by atoms with E-state index in [1.54, 1.807) is 24.3 Å². The highest BCUT2D eigenvalue weighted by Crippen LogP contribution is 2.08. The largest absolute Gasteiger partial charge is 0.481 e. The average molecular weight is 276 g/mol. The molecule has 20 heavy (non-hydrogen) atoms. The molecule has 1 aromatic heterocycles. The number of rotatable bonds is 5. The van der Waals surface area contributed by atoms with Crippen LogP contribution in [0.15, 0.2) is 24.3 Å². The van der Waals surface area contributed by atoms with Gasteiger partial charge in [-0.25, -0.2) is 9.48 Å². The maximum atomic E-state index is 11.3. The monoisotopic (exact) mass is 276 g/mol. The van der Waals surface area contributed by atoms with E-state index in [0.717, 1.165) is 5.56 Å². The smallest absolute Gasteiger partial charge is 0.337 e. The summed E-state index contributed by atoms with van der Waals surface area (Å²) in [6.07, 6.45) is -0.243. The summed E-state index contributed by atoms with van der Waals surface area (Å²) >= 11 is 0. The van der Waals surface area contributed by atoms with Crippen LogP contribution in [0.1, 0.15) is 21.7 Å². The molecule has 0 unspecified atom stereocenters. The first-order chi connectivity index (χ1) is 9.60. The lowest BCUT2D eigenvalue weighted by Gasteiger charge is -2.04. The number of hydrogen-bond donors (Lipinski definition) is 1. The van der Waals surface area contributed by atoms with Gasteiger partial charge in [0.15, 0.2) is 5.82 Å². The van der Waals surface area contributed by atoms with Crippen LogP contribution in [-0.4, -0.2) is 44.4 Å². The fourth-order valence-corrected chi connectivity index (χ4v) is 1.64. The number of ether oxygens (including phenoxy) is 1. The fourth-order valence-electron chi connectivity index (χ4n) is 1.64.